The maximum atomic E-state index is 5.64. The van der Waals surface area contributed by atoms with Crippen molar-refractivity contribution in [2.45, 2.75) is 5.88 Å². The summed E-state index contributed by atoms with van der Waals surface area (Å²) in [6.45, 7) is 0. The van der Waals surface area contributed by atoms with Crippen LogP contribution in [0.3, 0.4) is 0 Å². The van der Waals surface area contributed by atoms with Gasteiger partial charge < -0.3 is 4.74 Å². The molecule has 0 saturated carbocycles. The number of hydrogen-bond acceptors (Lipinski definition) is 3. The second-order valence-electron chi connectivity index (χ2n) is 2.84. The van der Waals surface area contributed by atoms with Crippen LogP contribution in [0.5, 0.6) is 5.75 Å². The minimum absolute atomic E-state index is 0.327. The van der Waals surface area contributed by atoms with Crippen LogP contribution in [-0.4, -0.2) is 17.1 Å². The van der Waals surface area contributed by atoms with E-state index in [1.807, 2.05) is 18.2 Å². The molecule has 0 bridgehead atoms. The molecule has 0 fully saturated rings. The van der Waals surface area contributed by atoms with Crippen LogP contribution in [0, 0.1) is 0 Å². The zero-order chi connectivity index (χ0) is 9.97. The van der Waals surface area contributed by atoms with E-state index in [0.29, 0.717) is 11.7 Å². The fourth-order valence-electron chi connectivity index (χ4n) is 1.23. The molecule has 0 unspecified atom stereocenters. The maximum Gasteiger partial charge on any atom is 0.143 e. The summed E-state index contributed by atoms with van der Waals surface area (Å²) in [5, 5.41) is 0.986. The van der Waals surface area contributed by atoms with Crippen LogP contribution in [0.4, 0.5) is 0 Å². The summed E-state index contributed by atoms with van der Waals surface area (Å²) in [7, 11) is 1.63. The lowest BCUT2D eigenvalue weighted by atomic mass is 10.2. The number of nitrogens with zero attached hydrogens (tertiary/aromatic N) is 2. The quantitative estimate of drug-likeness (QED) is 0.711. The number of alkyl halides is 1. The second-order valence-corrected chi connectivity index (χ2v) is 3.11. The number of hydrogen-bond donors (Lipinski definition) is 0. The van der Waals surface area contributed by atoms with Crippen LogP contribution in [0.15, 0.2) is 24.4 Å². The van der Waals surface area contributed by atoms with E-state index in [0.717, 1.165) is 16.7 Å². The summed E-state index contributed by atoms with van der Waals surface area (Å²) in [5.74, 6) is 1.75. The highest BCUT2D eigenvalue weighted by Gasteiger charge is 2.00. The molecule has 3 nitrogen and oxygen atoms in total. The van der Waals surface area contributed by atoms with Crippen LogP contribution in [0.2, 0.25) is 0 Å². The van der Waals surface area contributed by atoms with Gasteiger partial charge in [-0.3, -0.25) is 0 Å². The molecular weight excluding hydrogens is 200 g/mol. The topological polar surface area (TPSA) is 35.0 Å². The van der Waals surface area contributed by atoms with E-state index in [-0.39, 0.29) is 0 Å². The van der Waals surface area contributed by atoms with Gasteiger partial charge in [-0.05, 0) is 12.1 Å². The largest absolute Gasteiger partial charge is 0.497 e. The Morgan fingerprint density at radius 1 is 1.43 bits per heavy atom. The smallest absolute Gasteiger partial charge is 0.143 e. The molecule has 4 heteroatoms. The van der Waals surface area contributed by atoms with E-state index in [1.54, 1.807) is 13.3 Å². The monoisotopic (exact) mass is 208 g/mol. The summed E-state index contributed by atoms with van der Waals surface area (Å²) in [6, 6.07) is 5.67. The number of ether oxygens (including phenoxy) is 1. The number of methoxy groups -OCH3 is 1. The Balaban J connectivity index is 2.60. The van der Waals surface area contributed by atoms with Gasteiger partial charge in [0.05, 0.1) is 18.5 Å². The maximum absolute atomic E-state index is 5.64. The van der Waals surface area contributed by atoms with Gasteiger partial charge in [-0.25, -0.2) is 9.97 Å². The predicted octanol–water partition coefficient (Wildman–Crippen LogP) is 2.38. The van der Waals surface area contributed by atoms with Crippen molar-refractivity contribution in [3.8, 4) is 5.75 Å². The van der Waals surface area contributed by atoms with Crippen molar-refractivity contribution in [2.24, 2.45) is 0 Å². The molecule has 1 heterocycles. The fourth-order valence-corrected chi connectivity index (χ4v) is 1.36. The second kappa shape index (κ2) is 3.80. The molecule has 0 N–H and O–H groups in total. The first-order chi connectivity index (χ1) is 6.83. The van der Waals surface area contributed by atoms with Gasteiger partial charge in [0.25, 0.3) is 0 Å². The average molecular weight is 209 g/mol. The Kier molecular flexibility index (Phi) is 2.50. The molecule has 0 amide bonds. The van der Waals surface area contributed by atoms with Crippen LogP contribution < -0.4 is 4.74 Å². The van der Waals surface area contributed by atoms with Crippen molar-refractivity contribution < 1.29 is 4.74 Å². The zero-order valence-electron chi connectivity index (χ0n) is 7.70. The van der Waals surface area contributed by atoms with E-state index in [1.165, 1.54) is 0 Å². The summed E-state index contributed by atoms with van der Waals surface area (Å²) < 4.78 is 5.10. The Morgan fingerprint density at radius 3 is 3.00 bits per heavy atom. The summed E-state index contributed by atoms with van der Waals surface area (Å²) in [4.78, 5) is 8.38. The molecule has 1 aromatic carbocycles. The first kappa shape index (κ1) is 9.21. The van der Waals surface area contributed by atoms with Gasteiger partial charge in [-0.1, -0.05) is 0 Å². The highest BCUT2D eigenvalue weighted by molar-refractivity contribution is 6.16. The predicted molar refractivity (Wildman–Crippen MR) is 55.6 cm³/mol. The van der Waals surface area contributed by atoms with Gasteiger partial charge in [0, 0.05) is 17.6 Å². The third-order valence-electron chi connectivity index (χ3n) is 1.96. The van der Waals surface area contributed by atoms with Crippen LogP contribution >= 0.6 is 11.6 Å². The van der Waals surface area contributed by atoms with Gasteiger partial charge in [0.15, 0.2) is 0 Å². The number of rotatable bonds is 2. The molecule has 0 aliphatic carbocycles. The highest BCUT2D eigenvalue weighted by atomic mass is 35.5. The minimum Gasteiger partial charge on any atom is -0.497 e. The lowest BCUT2D eigenvalue weighted by molar-refractivity contribution is 0.415. The molecule has 0 radical (unpaired) electrons. The lowest BCUT2D eigenvalue weighted by Crippen LogP contribution is -1.92. The summed E-state index contributed by atoms with van der Waals surface area (Å²) >= 11 is 5.64. The third kappa shape index (κ3) is 1.63. The van der Waals surface area contributed by atoms with Crippen LogP contribution in [-0.2, 0) is 5.88 Å². The third-order valence-corrected chi connectivity index (χ3v) is 2.20. The van der Waals surface area contributed by atoms with Crippen molar-refractivity contribution in [1.29, 1.82) is 0 Å². The average Bonchev–Trinajstić information content (AvgIpc) is 2.27. The molecule has 72 valence electrons. The standard InChI is InChI=1S/C10H9ClN2O/c1-14-8-3-2-7-6-12-10(5-11)13-9(7)4-8/h2-4,6H,5H2,1H3. The van der Waals surface area contributed by atoms with E-state index in [4.69, 9.17) is 16.3 Å². The molecular formula is C10H9ClN2O. The normalized spacial score (nSPS) is 10.4. The minimum atomic E-state index is 0.327. The van der Waals surface area contributed by atoms with Gasteiger partial charge in [-0.15, -0.1) is 11.6 Å². The SMILES string of the molecule is COc1ccc2cnc(CCl)nc2c1. The molecule has 2 aromatic rings. The van der Waals surface area contributed by atoms with E-state index < -0.39 is 0 Å². The number of benzene rings is 1. The molecule has 1 aromatic heterocycles. The summed E-state index contributed by atoms with van der Waals surface area (Å²) in [5.41, 5.74) is 0.856. The molecule has 0 aliphatic heterocycles. The number of aromatic nitrogens is 2. The first-order valence-electron chi connectivity index (χ1n) is 4.19. The first-order valence-corrected chi connectivity index (χ1v) is 4.72. The zero-order valence-corrected chi connectivity index (χ0v) is 8.45. The van der Waals surface area contributed by atoms with E-state index in [2.05, 4.69) is 9.97 Å². The van der Waals surface area contributed by atoms with Gasteiger partial charge >= 0.3 is 0 Å². The molecule has 0 saturated heterocycles. The van der Waals surface area contributed by atoms with Crippen LogP contribution in [0.25, 0.3) is 10.9 Å². The Morgan fingerprint density at radius 2 is 2.29 bits per heavy atom. The van der Waals surface area contributed by atoms with Crippen molar-refractivity contribution >= 4 is 22.5 Å². The number of fused-ring (bicyclic) bond motifs is 1. The molecule has 14 heavy (non-hydrogen) atoms. The van der Waals surface area contributed by atoms with Gasteiger partial charge in [0.1, 0.15) is 11.6 Å². The lowest BCUT2D eigenvalue weighted by Gasteiger charge is -2.02. The van der Waals surface area contributed by atoms with Crippen molar-refractivity contribution in [2.75, 3.05) is 7.11 Å². The molecule has 0 aliphatic rings. The van der Waals surface area contributed by atoms with Gasteiger partial charge in [0.2, 0.25) is 0 Å². The highest BCUT2D eigenvalue weighted by Crippen LogP contribution is 2.18. The Hall–Kier alpha value is -1.35. The Bertz CT molecular complexity index is 420. The van der Waals surface area contributed by atoms with Crippen molar-refractivity contribution in [1.82, 2.24) is 9.97 Å². The van der Waals surface area contributed by atoms with E-state index in [9.17, 15) is 0 Å². The molecule has 2 rings (SSSR count). The summed E-state index contributed by atoms with van der Waals surface area (Å²) in [6.07, 6.45) is 1.76. The van der Waals surface area contributed by atoms with Gasteiger partial charge in [-0.2, -0.15) is 0 Å². The molecule has 0 atom stereocenters. The number of halogens is 1. The van der Waals surface area contributed by atoms with Crippen molar-refractivity contribution in [3.63, 3.8) is 0 Å². The van der Waals surface area contributed by atoms with Crippen LogP contribution in [0.1, 0.15) is 5.82 Å². The van der Waals surface area contributed by atoms with E-state index >= 15 is 0 Å². The molecule has 0 spiro atoms. The van der Waals surface area contributed by atoms with Crippen molar-refractivity contribution in [3.05, 3.63) is 30.2 Å². The Labute approximate surface area is 86.7 Å². The fraction of sp³-hybridized carbons (Fsp3) is 0.200.